The molecule has 0 N–H and O–H groups in total. The van der Waals surface area contributed by atoms with Crippen LogP contribution in [0, 0.1) is 5.92 Å². The predicted molar refractivity (Wildman–Crippen MR) is 98.5 cm³/mol. The van der Waals surface area contributed by atoms with Gasteiger partial charge < -0.3 is 4.74 Å². The Hall–Kier alpha value is -2.20. The van der Waals surface area contributed by atoms with Crippen molar-refractivity contribution in [3.63, 3.8) is 0 Å². The second-order valence-corrected chi connectivity index (χ2v) is 6.76. The van der Waals surface area contributed by atoms with E-state index in [4.69, 9.17) is 17.0 Å². The Morgan fingerprint density at radius 1 is 1.04 bits per heavy atom. The molecular formula is C20H21NO2S. The molecule has 0 aliphatic carbocycles. The zero-order valence-corrected chi connectivity index (χ0v) is 14.9. The first-order valence-electron chi connectivity index (χ1n) is 8.12. The van der Waals surface area contributed by atoms with Crippen LogP contribution in [-0.2, 0) is 15.1 Å². The van der Waals surface area contributed by atoms with Crippen molar-refractivity contribution in [1.82, 2.24) is 4.90 Å². The Morgan fingerprint density at radius 3 is 1.88 bits per heavy atom. The molecule has 0 spiro atoms. The molecule has 0 bridgehead atoms. The third-order valence-corrected chi connectivity index (χ3v) is 4.80. The van der Waals surface area contributed by atoms with Gasteiger partial charge in [-0.15, -0.1) is 0 Å². The molecule has 124 valence electrons. The van der Waals surface area contributed by atoms with E-state index in [1.54, 1.807) is 4.90 Å². The van der Waals surface area contributed by atoms with Gasteiger partial charge in [-0.25, -0.2) is 0 Å². The van der Waals surface area contributed by atoms with Gasteiger partial charge in [0.25, 0.3) is 5.17 Å². The average molecular weight is 339 g/mol. The second kappa shape index (κ2) is 6.36. The van der Waals surface area contributed by atoms with Gasteiger partial charge in [-0.1, -0.05) is 74.5 Å². The summed E-state index contributed by atoms with van der Waals surface area (Å²) in [6, 6.07) is 19.8. The molecule has 2 aromatic carbocycles. The number of hydrogen-bond acceptors (Lipinski definition) is 3. The van der Waals surface area contributed by atoms with Gasteiger partial charge in [0.05, 0.1) is 6.04 Å². The summed E-state index contributed by atoms with van der Waals surface area (Å²) in [6.07, 6.45) is 0. The average Bonchev–Trinajstić information content (AvgIpc) is 2.91. The number of benzene rings is 2. The molecule has 24 heavy (non-hydrogen) atoms. The number of carbonyl (C=O) groups excluding carboxylic acids is 1. The number of rotatable bonds is 3. The van der Waals surface area contributed by atoms with Crippen LogP contribution >= 0.6 is 12.2 Å². The topological polar surface area (TPSA) is 29.5 Å². The second-order valence-electron chi connectivity index (χ2n) is 6.41. The van der Waals surface area contributed by atoms with E-state index in [-0.39, 0.29) is 23.0 Å². The van der Waals surface area contributed by atoms with Crippen LogP contribution in [0.2, 0.25) is 0 Å². The van der Waals surface area contributed by atoms with Crippen molar-refractivity contribution >= 4 is 23.3 Å². The van der Waals surface area contributed by atoms with Crippen molar-refractivity contribution in [2.24, 2.45) is 5.92 Å². The number of amides is 1. The van der Waals surface area contributed by atoms with E-state index in [9.17, 15) is 4.79 Å². The molecule has 2 aromatic rings. The molecule has 3 rings (SSSR count). The molecule has 1 fully saturated rings. The van der Waals surface area contributed by atoms with E-state index in [0.717, 1.165) is 11.1 Å². The maximum Gasteiger partial charge on any atom is 0.267 e. The molecule has 1 aliphatic rings. The first-order chi connectivity index (χ1) is 11.5. The third-order valence-electron chi connectivity index (χ3n) is 4.52. The zero-order valence-electron chi connectivity index (χ0n) is 14.1. The molecule has 1 unspecified atom stereocenters. The van der Waals surface area contributed by atoms with Crippen molar-refractivity contribution in [2.75, 3.05) is 0 Å². The predicted octanol–water partition coefficient (Wildman–Crippen LogP) is 4.12. The summed E-state index contributed by atoms with van der Waals surface area (Å²) in [6.45, 7) is 5.73. The lowest BCUT2D eigenvalue weighted by molar-refractivity contribution is -0.127. The molecular weight excluding hydrogens is 318 g/mol. The summed E-state index contributed by atoms with van der Waals surface area (Å²) in [7, 11) is 0. The van der Waals surface area contributed by atoms with E-state index in [2.05, 4.69) is 13.8 Å². The molecule has 0 saturated carbocycles. The van der Waals surface area contributed by atoms with E-state index in [1.165, 1.54) is 6.92 Å². The lowest BCUT2D eigenvalue weighted by Crippen LogP contribution is -2.49. The fraction of sp³-hybridized carbons (Fsp3) is 0.300. The Kier molecular flexibility index (Phi) is 4.41. The quantitative estimate of drug-likeness (QED) is 0.788. The highest BCUT2D eigenvalue weighted by Crippen LogP contribution is 2.47. The number of carbonyl (C=O) groups is 1. The minimum absolute atomic E-state index is 0.0903. The smallest absolute Gasteiger partial charge is 0.267 e. The fourth-order valence-electron chi connectivity index (χ4n) is 3.63. The van der Waals surface area contributed by atoms with Crippen LogP contribution in [0.15, 0.2) is 60.7 Å². The van der Waals surface area contributed by atoms with Crippen molar-refractivity contribution < 1.29 is 9.53 Å². The molecule has 1 heterocycles. The van der Waals surface area contributed by atoms with Gasteiger partial charge in [0, 0.05) is 18.1 Å². The summed E-state index contributed by atoms with van der Waals surface area (Å²) in [5.41, 5.74) is 1.21. The van der Waals surface area contributed by atoms with Crippen LogP contribution < -0.4 is 0 Å². The first-order valence-corrected chi connectivity index (χ1v) is 8.53. The van der Waals surface area contributed by atoms with Crippen molar-refractivity contribution in [1.29, 1.82) is 0 Å². The van der Waals surface area contributed by atoms with Crippen LogP contribution in [0.3, 0.4) is 0 Å². The molecule has 0 aromatic heterocycles. The molecule has 4 heteroatoms. The van der Waals surface area contributed by atoms with Crippen LogP contribution in [0.25, 0.3) is 0 Å². The molecule has 1 aliphatic heterocycles. The van der Waals surface area contributed by atoms with E-state index in [0.29, 0.717) is 0 Å². The number of thiocarbonyl (C=S) groups is 1. The van der Waals surface area contributed by atoms with Gasteiger partial charge >= 0.3 is 0 Å². The number of ether oxygens (including phenoxy) is 1. The molecule has 1 saturated heterocycles. The van der Waals surface area contributed by atoms with Crippen LogP contribution in [0.1, 0.15) is 31.9 Å². The zero-order chi connectivity index (χ0) is 17.3. The molecule has 1 amide bonds. The van der Waals surface area contributed by atoms with E-state index < -0.39 is 5.60 Å². The van der Waals surface area contributed by atoms with Crippen molar-refractivity contribution in [3.8, 4) is 0 Å². The summed E-state index contributed by atoms with van der Waals surface area (Å²) < 4.78 is 6.31. The largest absolute Gasteiger partial charge is 0.452 e. The van der Waals surface area contributed by atoms with Gasteiger partial charge in [0.2, 0.25) is 5.91 Å². The lowest BCUT2D eigenvalue weighted by Gasteiger charge is -2.37. The minimum Gasteiger partial charge on any atom is -0.452 e. The monoisotopic (exact) mass is 339 g/mol. The molecule has 1 atom stereocenters. The highest BCUT2D eigenvalue weighted by Gasteiger charge is 2.56. The van der Waals surface area contributed by atoms with E-state index in [1.807, 2.05) is 60.7 Å². The fourth-order valence-corrected chi connectivity index (χ4v) is 4.01. The summed E-state index contributed by atoms with van der Waals surface area (Å²) in [5.74, 6) is 0.0715. The summed E-state index contributed by atoms with van der Waals surface area (Å²) in [5, 5.41) is 0.244. The summed E-state index contributed by atoms with van der Waals surface area (Å²) >= 11 is 5.44. The van der Waals surface area contributed by atoms with Crippen LogP contribution in [-0.4, -0.2) is 22.0 Å². The van der Waals surface area contributed by atoms with Gasteiger partial charge in [0.1, 0.15) is 0 Å². The summed E-state index contributed by atoms with van der Waals surface area (Å²) in [4.78, 5) is 13.9. The Morgan fingerprint density at radius 2 is 1.50 bits per heavy atom. The van der Waals surface area contributed by atoms with Crippen LogP contribution in [0.5, 0.6) is 0 Å². The standard InChI is InChI=1S/C20H21NO2S/c1-14(2)18-20(16-10-6-4-7-11-16,17-12-8-5-9-13-17)23-19(24)21(18)15(3)22/h4-14,18H,1-3H3. The Bertz CT molecular complexity index is 703. The van der Waals surface area contributed by atoms with Crippen LogP contribution in [0.4, 0.5) is 0 Å². The number of hydrogen-bond donors (Lipinski definition) is 0. The van der Waals surface area contributed by atoms with Crippen molar-refractivity contribution in [3.05, 3.63) is 71.8 Å². The maximum atomic E-state index is 12.3. The van der Waals surface area contributed by atoms with Gasteiger partial charge in [-0.2, -0.15) is 0 Å². The lowest BCUT2D eigenvalue weighted by atomic mass is 9.76. The molecule has 3 nitrogen and oxygen atoms in total. The third kappa shape index (κ3) is 2.51. The number of nitrogens with zero attached hydrogens (tertiary/aromatic N) is 1. The Balaban J connectivity index is 2.29. The first kappa shape index (κ1) is 16.7. The van der Waals surface area contributed by atoms with Gasteiger partial charge in [-0.05, 0) is 18.1 Å². The normalized spacial score (nSPS) is 19.4. The highest BCUT2D eigenvalue weighted by molar-refractivity contribution is 7.80. The maximum absolute atomic E-state index is 12.3. The molecule has 0 radical (unpaired) electrons. The van der Waals surface area contributed by atoms with Gasteiger partial charge in [-0.3, -0.25) is 9.69 Å². The van der Waals surface area contributed by atoms with Gasteiger partial charge in [0.15, 0.2) is 5.60 Å². The highest BCUT2D eigenvalue weighted by atomic mass is 32.1. The SMILES string of the molecule is CC(=O)N1C(=S)OC(c2ccccc2)(c2ccccc2)C1C(C)C. The van der Waals surface area contributed by atoms with E-state index >= 15 is 0 Å². The Labute approximate surface area is 148 Å². The van der Waals surface area contributed by atoms with Crippen molar-refractivity contribution in [2.45, 2.75) is 32.4 Å². The minimum atomic E-state index is -0.792.